The molecule has 0 unspecified atom stereocenters. The van der Waals surface area contributed by atoms with Crippen LogP contribution in [-0.2, 0) is 9.84 Å². The Morgan fingerprint density at radius 1 is 1.46 bits per heavy atom. The Morgan fingerprint density at radius 3 is 2.75 bits per heavy atom. The van der Waals surface area contributed by atoms with E-state index < -0.39 is 9.84 Å². The molecule has 2 rings (SSSR count). The summed E-state index contributed by atoms with van der Waals surface area (Å²) in [5.41, 5.74) is 2.24. The molecular weight excluding hydrogens is 328 g/mol. The second-order valence-corrected chi connectivity index (χ2v) is 7.63. The fourth-order valence-electron chi connectivity index (χ4n) is 2.30. The number of pyridine rings is 1. The summed E-state index contributed by atoms with van der Waals surface area (Å²) in [7, 11) is -1.50. The minimum absolute atomic E-state index is 0.0569. The largest absolute Gasteiger partial charge is 0.478 e. The Bertz CT molecular complexity index is 800. The number of sulfone groups is 1. The van der Waals surface area contributed by atoms with E-state index in [1.165, 1.54) is 6.26 Å². The predicted molar refractivity (Wildman–Crippen MR) is 94.4 cm³/mol. The van der Waals surface area contributed by atoms with Crippen molar-refractivity contribution in [2.24, 2.45) is 0 Å². The first kappa shape index (κ1) is 18.0. The highest BCUT2D eigenvalue weighted by Gasteiger charge is 2.19. The number of rotatable bonds is 8. The lowest BCUT2D eigenvalue weighted by Crippen LogP contribution is -2.23. The highest BCUT2D eigenvalue weighted by atomic mass is 32.2. The van der Waals surface area contributed by atoms with Crippen LogP contribution < -0.4 is 9.64 Å². The summed E-state index contributed by atoms with van der Waals surface area (Å²) in [5.74, 6) is 0.502. The van der Waals surface area contributed by atoms with Crippen molar-refractivity contribution in [3.05, 3.63) is 43.0 Å². The van der Waals surface area contributed by atoms with E-state index in [0.29, 0.717) is 24.5 Å². The Labute approximate surface area is 142 Å². The predicted octanol–water partition coefficient (Wildman–Crippen LogP) is 2.05. The van der Waals surface area contributed by atoms with Gasteiger partial charge in [-0.1, -0.05) is 6.58 Å². The molecule has 0 aliphatic rings. The van der Waals surface area contributed by atoms with Gasteiger partial charge in [-0.15, -0.1) is 5.10 Å². The summed E-state index contributed by atoms with van der Waals surface area (Å²) in [4.78, 5) is 5.99. The number of nitrogens with zero attached hydrogens (tertiary/aromatic N) is 4. The fourth-order valence-corrected chi connectivity index (χ4v) is 2.91. The van der Waals surface area contributed by atoms with Crippen LogP contribution in [0.25, 0.3) is 5.69 Å². The quantitative estimate of drug-likeness (QED) is 0.725. The third kappa shape index (κ3) is 4.35. The van der Waals surface area contributed by atoms with Gasteiger partial charge >= 0.3 is 0 Å². The zero-order valence-corrected chi connectivity index (χ0v) is 15.0. The molecule has 0 aliphatic carbocycles. The molecule has 0 atom stereocenters. The molecule has 0 spiro atoms. The van der Waals surface area contributed by atoms with Gasteiger partial charge in [0.2, 0.25) is 0 Å². The van der Waals surface area contributed by atoms with Crippen molar-refractivity contribution in [1.82, 2.24) is 14.8 Å². The standard InChI is InChI=1S/C16H22N4O3S/c1-5-19(13(2)8-10-24(4,21)22)15-12-20(18-16(15)23-3)14-7-6-9-17-11-14/h6-7,9,11-12H,2,5,8,10H2,1,3-4H3. The van der Waals surface area contributed by atoms with Gasteiger partial charge in [0.1, 0.15) is 15.5 Å². The van der Waals surface area contributed by atoms with Crippen LogP contribution in [0.1, 0.15) is 13.3 Å². The van der Waals surface area contributed by atoms with Crippen molar-refractivity contribution < 1.29 is 13.2 Å². The Hall–Kier alpha value is -2.35. The van der Waals surface area contributed by atoms with Crippen LogP contribution >= 0.6 is 0 Å². The van der Waals surface area contributed by atoms with Gasteiger partial charge in [-0.25, -0.2) is 13.1 Å². The second-order valence-electron chi connectivity index (χ2n) is 5.37. The zero-order chi connectivity index (χ0) is 17.7. The average Bonchev–Trinajstić information content (AvgIpc) is 2.98. The normalized spacial score (nSPS) is 11.3. The van der Waals surface area contributed by atoms with E-state index in [4.69, 9.17) is 4.74 Å². The lowest BCUT2D eigenvalue weighted by atomic mass is 10.3. The fraction of sp³-hybridized carbons (Fsp3) is 0.375. The molecule has 0 fully saturated rings. The van der Waals surface area contributed by atoms with Crippen molar-refractivity contribution in [1.29, 1.82) is 0 Å². The number of hydrogen-bond acceptors (Lipinski definition) is 6. The number of allylic oxidation sites excluding steroid dienone is 1. The Kier molecular flexibility index (Phi) is 5.61. The first-order valence-corrected chi connectivity index (χ1v) is 9.59. The van der Waals surface area contributed by atoms with Gasteiger partial charge in [0.25, 0.3) is 5.88 Å². The van der Waals surface area contributed by atoms with Crippen LogP contribution in [-0.4, -0.2) is 48.8 Å². The van der Waals surface area contributed by atoms with Crippen molar-refractivity contribution in [2.75, 3.05) is 30.6 Å². The molecule has 2 heterocycles. The molecule has 0 aromatic carbocycles. The summed E-state index contributed by atoms with van der Waals surface area (Å²) >= 11 is 0. The smallest absolute Gasteiger partial charge is 0.257 e. The van der Waals surface area contributed by atoms with E-state index in [2.05, 4.69) is 16.7 Å². The van der Waals surface area contributed by atoms with Gasteiger partial charge in [0.05, 0.1) is 30.9 Å². The van der Waals surface area contributed by atoms with Crippen molar-refractivity contribution in [3.8, 4) is 11.6 Å². The van der Waals surface area contributed by atoms with Crippen LogP contribution in [0.5, 0.6) is 5.88 Å². The topological polar surface area (TPSA) is 77.3 Å². The first-order valence-electron chi connectivity index (χ1n) is 7.52. The van der Waals surface area contributed by atoms with Crippen LogP contribution in [0, 0.1) is 0 Å². The van der Waals surface area contributed by atoms with Crippen molar-refractivity contribution >= 4 is 15.5 Å². The lowest BCUT2D eigenvalue weighted by Gasteiger charge is -2.24. The molecule has 8 heteroatoms. The van der Waals surface area contributed by atoms with Gasteiger partial charge in [-0.3, -0.25) is 4.98 Å². The maximum atomic E-state index is 11.4. The monoisotopic (exact) mass is 350 g/mol. The lowest BCUT2D eigenvalue weighted by molar-refractivity contribution is 0.394. The molecule has 2 aromatic heterocycles. The summed E-state index contributed by atoms with van der Waals surface area (Å²) in [5, 5.41) is 4.41. The molecular formula is C16H22N4O3S. The van der Waals surface area contributed by atoms with Gasteiger partial charge < -0.3 is 9.64 Å². The van der Waals surface area contributed by atoms with E-state index in [-0.39, 0.29) is 5.75 Å². The molecule has 130 valence electrons. The molecule has 7 nitrogen and oxygen atoms in total. The minimum Gasteiger partial charge on any atom is -0.478 e. The van der Waals surface area contributed by atoms with Crippen LogP contribution in [0.4, 0.5) is 5.69 Å². The Morgan fingerprint density at radius 2 is 2.21 bits per heavy atom. The maximum absolute atomic E-state index is 11.4. The molecule has 24 heavy (non-hydrogen) atoms. The van der Waals surface area contributed by atoms with E-state index in [0.717, 1.165) is 11.4 Å². The molecule has 0 aliphatic heterocycles. The van der Waals surface area contributed by atoms with E-state index in [1.807, 2.05) is 30.2 Å². The highest BCUT2D eigenvalue weighted by molar-refractivity contribution is 7.90. The summed E-state index contributed by atoms with van der Waals surface area (Å²) in [6.07, 6.45) is 6.79. The molecule has 0 saturated carbocycles. The SMILES string of the molecule is C=C(CCS(C)(=O)=O)N(CC)c1cn(-c2cccnc2)nc1OC. The number of methoxy groups -OCH3 is 1. The molecule has 2 aromatic rings. The molecule has 0 radical (unpaired) electrons. The number of aromatic nitrogens is 3. The van der Waals surface area contributed by atoms with Crippen molar-refractivity contribution in [3.63, 3.8) is 0 Å². The summed E-state index contributed by atoms with van der Waals surface area (Å²) < 4.78 is 29.8. The Balaban J connectivity index is 2.31. The number of ether oxygens (including phenoxy) is 1. The molecule has 0 amide bonds. The maximum Gasteiger partial charge on any atom is 0.257 e. The molecule has 0 N–H and O–H groups in total. The molecule has 0 saturated heterocycles. The zero-order valence-electron chi connectivity index (χ0n) is 14.1. The van der Waals surface area contributed by atoms with E-state index in [9.17, 15) is 8.42 Å². The highest BCUT2D eigenvalue weighted by Crippen LogP contribution is 2.31. The summed E-state index contributed by atoms with van der Waals surface area (Å²) in [6.45, 7) is 6.61. The van der Waals surface area contributed by atoms with Crippen LogP contribution in [0.15, 0.2) is 43.0 Å². The van der Waals surface area contributed by atoms with Gasteiger partial charge in [0.15, 0.2) is 0 Å². The van der Waals surface area contributed by atoms with Gasteiger partial charge in [0, 0.05) is 31.1 Å². The second kappa shape index (κ2) is 7.48. The minimum atomic E-state index is -3.04. The third-order valence-electron chi connectivity index (χ3n) is 3.52. The van der Waals surface area contributed by atoms with Crippen LogP contribution in [0.2, 0.25) is 0 Å². The van der Waals surface area contributed by atoms with Gasteiger partial charge in [-0.2, -0.15) is 0 Å². The van der Waals surface area contributed by atoms with E-state index >= 15 is 0 Å². The first-order chi connectivity index (χ1) is 11.4. The third-order valence-corrected chi connectivity index (χ3v) is 4.46. The van der Waals surface area contributed by atoms with Crippen molar-refractivity contribution in [2.45, 2.75) is 13.3 Å². The molecule has 0 bridgehead atoms. The van der Waals surface area contributed by atoms with Crippen LogP contribution in [0.3, 0.4) is 0 Å². The van der Waals surface area contributed by atoms with E-state index in [1.54, 1.807) is 24.2 Å². The van der Waals surface area contributed by atoms with Gasteiger partial charge in [-0.05, 0) is 19.1 Å². The number of hydrogen-bond donors (Lipinski definition) is 0. The number of anilines is 1. The average molecular weight is 350 g/mol. The summed E-state index contributed by atoms with van der Waals surface area (Å²) in [6, 6.07) is 3.71.